The molecule has 19 heteroatoms. The highest BCUT2D eigenvalue weighted by atomic mass is 31.2. The van der Waals surface area contributed by atoms with Crippen LogP contribution in [0.5, 0.6) is 0 Å². The van der Waals surface area contributed by atoms with Crippen LogP contribution in [-0.2, 0) is 65.4 Å². The van der Waals surface area contributed by atoms with E-state index >= 15 is 0 Å². The molecule has 2 unspecified atom stereocenters. The fraction of sp³-hybridized carbons (Fsp3) is 0.951. The molecule has 0 saturated carbocycles. The van der Waals surface area contributed by atoms with E-state index in [2.05, 4.69) is 34.6 Å². The number of rotatable bonds is 82. The van der Waals surface area contributed by atoms with E-state index in [9.17, 15) is 43.2 Å². The van der Waals surface area contributed by atoms with Gasteiger partial charge in [-0.15, -0.1) is 0 Å². The molecule has 101 heavy (non-hydrogen) atoms. The molecule has 17 nitrogen and oxygen atoms in total. The van der Waals surface area contributed by atoms with Crippen molar-refractivity contribution in [2.75, 3.05) is 39.6 Å². The molecule has 600 valence electrons. The van der Waals surface area contributed by atoms with Gasteiger partial charge in [0.05, 0.1) is 26.4 Å². The summed E-state index contributed by atoms with van der Waals surface area (Å²) in [6.07, 6.45) is 66.8. The average molecular weight is 1480 g/mol. The van der Waals surface area contributed by atoms with Crippen LogP contribution in [0.2, 0.25) is 0 Å². The summed E-state index contributed by atoms with van der Waals surface area (Å²) in [7, 11) is -9.92. The maximum absolute atomic E-state index is 13.1. The van der Waals surface area contributed by atoms with Gasteiger partial charge in [0.2, 0.25) is 0 Å². The van der Waals surface area contributed by atoms with Gasteiger partial charge in [0.15, 0.2) is 12.2 Å². The third-order valence-electron chi connectivity index (χ3n) is 19.3. The second kappa shape index (κ2) is 74.9. The first-order valence-electron chi connectivity index (χ1n) is 42.6. The van der Waals surface area contributed by atoms with Crippen molar-refractivity contribution in [1.82, 2.24) is 0 Å². The van der Waals surface area contributed by atoms with Gasteiger partial charge in [-0.05, 0) is 31.6 Å². The predicted molar refractivity (Wildman–Crippen MR) is 414 cm³/mol. The van der Waals surface area contributed by atoms with Gasteiger partial charge in [-0.25, -0.2) is 9.13 Å². The molecule has 0 aliphatic heterocycles. The highest BCUT2D eigenvalue weighted by molar-refractivity contribution is 7.47. The van der Waals surface area contributed by atoms with Gasteiger partial charge in [-0.2, -0.15) is 0 Å². The maximum atomic E-state index is 13.1. The zero-order chi connectivity index (χ0) is 74.1. The Hall–Kier alpha value is -1.94. The molecule has 0 rings (SSSR count). The predicted octanol–water partition coefficient (Wildman–Crippen LogP) is 24.8. The van der Waals surface area contributed by atoms with Crippen LogP contribution in [0.4, 0.5) is 0 Å². The van der Waals surface area contributed by atoms with Crippen LogP contribution in [0.1, 0.15) is 439 Å². The van der Waals surface area contributed by atoms with E-state index in [1.807, 2.05) is 0 Å². The summed E-state index contributed by atoms with van der Waals surface area (Å²) in [5.74, 6) is -1.31. The highest BCUT2D eigenvalue weighted by Crippen LogP contribution is 2.45. The quantitative estimate of drug-likeness (QED) is 0.0222. The summed E-state index contributed by atoms with van der Waals surface area (Å²) in [6.45, 7) is 7.33. The number of aliphatic hydroxyl groups is 1. The first kappa shape index (κ1) is 99.1. The molecule has 0 amide bonds. The number of hydrogen-bond acceptors (Lipinski definition) is 15. The van der Waals surface area contributed by atoms with E-state index < -0.39 is 97.5 Å². The van der Waals surface area contributed by atoms with Crippen LogP contribution < -0.4 is 0 Å². The zero-order valence-corrected chi connectivity index (χ0v) is 67.8. The number of ether oxygens (including phenoxy) is 4. The first-order valence-corrected chi connectivity index (χ1v) is 45.6. The number of hydrogen-bond donors (Lipinski definition) is 3. The molecule has 0 aliphatic carbocycles. The molecule has 0 aliphatic rings. The second-order valence-corrected chi connectivity index (χ2v) is 32.9. The monoisotopic (exact) mass is 1480 g/mol. The Labute approximate surface area is 619 Å². The lowest BCUT2D eigenvalue weighted by atomic mass is 10.0. The Morgan fingerprint density at radius 2 is 0.455 bits per heavy atom. The minimum Gasteiger partial charge on any atom is -0.462 e. The summed E-state index contributed by atoms with van der Waals surface area (Å²) in [4.78, 5) is 72.9. The van der Waals surface area contributed by atoms with Gasteiger partial charge in [0, 0.05) is 25.7 Å². The Morgan fingerprint density at radius 1 is 0.267 bits per heavy atom. The molecule has 5 atom stereocenters. The van der Waals surface area contributed by atoms with E-state index in [0.717, 1.165) is 102 Å². The van der Waals surface area contributed by atoms with Crippen molar-refractivity contribution in [1.29, 1.82) is 0 Å². The molecular formula is C82H160O17P2. The van der Waals surface area contributed by atoms with Crippen LogP contribution in [0.25, 0.3) is 0 Å². The SMILES string of the molecule is CCCCCCCCCCCCCCCCCCCCCCCCC(=O)O[C@H](COC(=O)CCCCCCCCCCCCCCCCC(C)C)COP(=O)(O)OC[C@@H](O)COP(=O)(O)OC[C@@H](COC(=O)CCCCCCCCCC)OC(=O)CCCCCCCCCCCCCCCC. The van der Waals surface area contributed by atoms with E-state index in [-0.39, 0.29) is 25.7 Å². The van der Waals surface area contributed by atoms with E-state index in [1.165, 1.54) is 257 Å². The zero-order valence-electron chi connectivity index (χ0n) is 66.1. The van der Waals surface area contributed by atoms with Crippen molar-refractivity contribution in [3.05, 3.63) is 0 Å². The van der Waals surface area contributed by atoms with Gasteiger partial charge in [-0.3, -0.25) is 37.3 Å². The average Bonchev–Trinajstić information content (AvgIpc) is 0.956. The fourth-order valence-electron chi connectivity index (χ4n) is 12.8. The van der Waals surface area contributed by atoms with Crippen LogP contribution in [-0.4, -0.2) is 96.7 Å². The Balaban J connectivity index is 5.18. The molecule has 0 bridgehead atoms. The number of carbonyl (C=O) groups excluding carboxylic acids is 4. The molecular weight excluding hydrogens is 1320 g/mol. The minimum absolute atomic E-state index is 0.108. The topological polar surface area (TPSA) is 237 Å². The number of phosphoric acid groups is 2. The minimum atomic E-state index is -4.96. The maximum Gasteiger partial charge on any atom is 0.472 e. The number of carbonyl (C=O) groups is 4. The summed E-state index contributed by atoms with van der Waals surface area (Å²) in [6, 6.07) is 0. The Kier molecular flexibility index (Phi) is 73.5. The van der Waals surface area contributed by atoms with E-state index in [4.69, 9.17) is 37.0 Å². The second-order valence-electron chi connectivity index (χ2n) is 30.0. The lowest BCUT2D eigenvalue weighted by Crippen LogP contribution is -2.30. The number of unbranched alkanes of at least 4 members (excludes halogenated alkanes) is 54. The van der Waals surface area contributed by atoms with Gasteiger partial charge in [0.1, 0.15) is 19.3 Å². The third kappa shape index (κ3) is 76.1. The summed E-state index contributed by atoms with van der Waals surface area (Å²) in [5, 5.41) is 10.6. The normalized spacial score (nSPS) is 13.8. The standard InChI is InChI=1S/C82H160O17P2/c1-6-9-12-15-18-21-23-25-27-28-29-30-31-32-33-34-40-44-48-53-58-63-68-82(87)99-78(72-93-80(85)66-61-56-51-46-42-39-36-35-37-41-45-49-54-59-64-75(4)5)74-97-101(90,91)95-70-76(83)69-94-100(88,89)96-73-77(71-92-79(84)65-60-55-50-20-17-14-11-8-3)98-81(86)67-62-57-52-47-43-38-26-24-22-19-16-13-10-7-2/h75-78,83H,6-74H2,1-5H3,(H,88,89)(H,90,91)/t76-,77+,78+/m0/s1. The molecule has 0 radical (unpaired) electrons. The largest absolute Gasteiger partial charge is 0.472 e. The molecule has 0 aromatic rings. The van der Waals surface area contributed by atoms with Crippen LogP contribution in [0.15, 0.2) is 0 Å². The van der Waals surface area contributed by atoms with Crippen molar-refractivity contribution in [3.63, 3.8) is 0 Å². The van der Waals surface area contributed by atoms with Crippen molar-refractivity contribution in [2.45, 2.75) is 457 Å². The highest BCUT2D eigenvalue weighted by Gasteiger charge is 2.30. The lowest BCUT2D eigenvalue weighted by Gasteiger charge is -2.21. The summed E-state index contributed by atoms with van der Waals surface area (Å²) >= 11 is 0. The van der Waals surface area contributed by atoms with Crippen LogP contribution in [0.3, 0.4) is 0 Å². The molecule has 0 spiro atoms. The molecule has 3 N–H and O–H groups in total. The van der Waals surface area contributed by atoms with Crippen LogP contribution in [0, 0.1) is 5.92 Å². The molecule has 0 fully saturated rings. The van der Waals surface area contributed by atoms with Crippen molar-refractivity contribution in [3.8, 4) is 0 Å². The molecule has 0 saturated heterocycles. The smallest absolute Gasteiger partial charge is 0.462 e. The number of phosphoric ester groups is 2. The van der Waals surface area contributed by atoms with Crippen LogP contribution >= 0.6 is 15.6 Å². The number of aliphatic hydroxyl groups excluding tert-OH is 1. The van der Waals surface area contributed by atoms with Gasteiger partial charge in [0.25, 0.3) is 0 Å². The Morgan fingerprint density at radius 3 is 0.673 bits per heavy atom. The van der Waals surface area contributed by atoms with Gasteiger partial charge < -0.3 is 33.8 Å². The number of esters is 4. The third-order valence-corrected chi connectivity index (χ3v) is 21.2. The molecule has 0 heterocycles. The van der Waals surface area contributed by atoms with E-state index in [1.54, 1.807) is 0 Å². The summed E-state index contributed by atoms with van der Waals surface area (Å²) in [5.41, 5.74) is 0. The lowest BCUT2D eigenvalue weighted by molar-refractivity contribution is -0.161. The van der Waals surface area contributed by atoms with Crippen molar-refractivity contribution < 1.29 is 80.2 Å². The molecule has 0 aromatic heterocycles. The first-order chi connectivity index (χ1) is 49.0. The summed E-state index contributed by atoms with van der Waals surface area (Å²) < 4.78 is 68.7. The van der Waals surface area contributed by atoms with Crippen molar-refractivity contribution in [2.24, 2.45) is 5.92 Å². The molecule has 0 aromatic carbocycles. The van der Waals surface area contributed by atoms with E-state index in [0.29, 0.717) is 25.7 Å². The van der Waals surface area contributed by atoms with Gasteiger partial charge >= 0.3 is 39.5 Å². The van der Waals surface area contributed by atoms with Gasteiger partial charge in [-0.1, -0.05) is 388 Å². The fourth-order valence-corrected chi connectivity index (χ4v) is 14.3. The Bertz CT molecular complexity index is 1930. The van der Waals surface area contributed by atoms with Crippen molar-refractivity contribution >= 4 is 39.5 Å².